The van der Waals surface area contributed by atoms with Crippen LogP contribution >= 0.6 is 11.8 Å². The molecule has 0 spiro atoms. The Bertz CT molecular complexity index is 1190. The standard InChI is InChI=1S/C15H13N3O2S.C8H8O3/c1-20-15(19)18-14-16-12-8-7-11(9-13(12)17-14)21-10-5-3-2-4-6-10;1-6(9)11-8-4-2-7(10)3-5-8/h2-9H,1H3,(H2,16,17,18,19);2-5,10H,1H3. The number of benzene rings is 3. The van der Waals surface area contributed by atoms with Gasteiger partial charge in [-0.2, -0.15) is 0 Å². The molecule has 0 saturated carbocycles. The maximum Gasteiger partial charge on any atom is 0.413 e. The molecular weight excluding hydrogens is 430 g/mol. The number of carbonyl (C=O) groups excluding carboxylic acids is 2. The molecule has 8 nitrogen and oxygen atoms in total. The summed E-state index contributed by atoms with van der Waals surface area (Å²) in [5.74, 6) is 0.602. The van der Waals surface area contributed by atoms with E-state index >= 15 is 0 Å². The van der Waals surface area contributed by atoms with Crippen LogP contribution in [-0.2, 0) is 9.53 Å². The Morgan fingerprint density at radius 3 is 2.38 bits per heavy atom. The van der Waals surface area contributed by atoms with Crippen molar-refractivity contribution in [2.45, 2.75) is 16.7 Å². The molecule has 4 aromatic rings. The molecule has 3 aromatic carbocycles. The summed E-state index contributed by atoms with van der Waals surface area (Å²) in [6, 6.07) is 22.0. The molecule has 0 unspecified atom stereocenters. The van der Waals surface area contributed by atoms with E-state index in [0.717, 1.165) is 15.9 Å². The Morgan fingerprint density at radius 2 is 1.72 bits per heavy atom. The summed E-state index contributed by atoms with van der Waals surface area (Å²) in [6.07, 6.45) is -0.548. The number of anilines is 1. The van der Waals surface area contributed by atoms with Crippen LogP contribution in [0.3, 0.4) is 0 Å². The minimum absolute atomic E-state index is 0.154. The van der Waals surface area contributed by atoms with Crippen LogP contribution in [0.2, 0.25) is 0 Å². The van der Waals surface area contributed by atoms with Gasteiger partial charge in [-0.3, -0.25) is 10.1 Å². The van der Waals surface area contributed by atoms with Gasteiger partial charge < -0.3 is 19.6 Å². The number of hydrogen-bond donors (Lipinski definition) is 3. The highest BCUT2D eigenvalue weighted by Crippen LogP contribution is 2.29. The van der Waals surface area contributed by atoms with Crippen molar-refractivity contribution < 1.29 is 24.2 Å². The van der Waals surface area contributed by atoms with Crippen molar-refractivity contribution in [2.75, 3.05) is 12.4 Å². The number of amides is 1. The first-order valence-electron chi connectivity index (χ1n) is 9.48. The van der Waals surface area contributed by atoms with Crippen LogP contribution in [0.15, 0.2) is 82.6 Å². The monoisotopic (exact) mass is 451 g/mol. The van der Waals surface area contributed by atoms with Gasteiger partial charge in [-0.15, -0.1) is 0 Å². The van der Waals surface area contributed by atoms with Crippen molar-refractivity contribution in [3.05, 3.63) is 72.8 Å². The first kappa shape index (κ1) is 22.7. The lowest BCUT2D eigenvalue weighted by atomic mass is 10.3. The summed E-state index contributed by atoms with van der Waals surface area (Å²) in [6.45, 7) is 1.33. The van der Waals surface area contributed by atoms with Crippen LogP contribution in [0, 0.1) is 0 Å². The molecule has 0 atom stereocenters. The fourth-order valence-corrected chi connectivity index (χ4v) is 3.44. The Morgan fingerprint density at radius 1 is 1.00 bits per heavy atom. The number of ether oxygens (including phenoxy) is 2. The number of imidazole rings is 1. The highest BCUT2D eigenvalue weighted by atomic mass is 32.2. The molecule has 4 rings (SSSR count). The summed E-state index contributed by atoms with van der Waals surface area (Å²) in [5.41, 5.74) is 1.65. The van der Waals surface area contributed by atoms with Crippen LogP contribution in [0.4, 0.5) is 10.7 Å². The quantitative estimate of drug-likeness (QED) is 0.288. The van der Waals surface area contributed by atoms with Crippen LogP contribution in [0.25, 0.3) is 11.0 Å². The van der Waals surface area contributed by atoms with Gasteiger partial charge in [0.2, 0.25) is 5.95 Å². The molecule has 0 saturated heterocycles. The minimum Gasteiger partial charge on any atom is -0.508 e. The van der Waals surface area contributed by atoms with Crippen molar-refractivity contribution in [3.63, 3.8) is 0 Å². The second-order valence-corrected chi connectivity index (χ2v) is 7.53. The van der Waals surface area contributed by atoms with Gasteiger partial charge in [-0.1, -0.05) is 30.0 Å². The van der Waals surface area contributed by atoms with Gasteiger partial charge in [-0.05, 0) is 54.6 Å². The normalized spacial score (nSPS) is 10.1. The summed E-state index contributed by atoms with van der Waals surface area (Å²) in [7, 11) is 1.31. The Hall–Kier alpha value is -3.98. The summed E-state index contributed by atoms with van der Waals surface area (Å²) >= 11 is 1.67. The number of H-pyrrole nitrogens is 1. The van der Waals surface area contributed by atoms with Crippen LogP contribution in [-0.4, -0.2) is 34.2 Å². The number of phenolic OH excluding ortho intramolecular Hbond substituents is 1. The van der Waals surface area contributed by atoms with Gasteiger partial charge in [0.1, 0.15) is 11.5 Å². The second kappa shape index (κ2) is 10.9. The van der Waals surface area contributed by atoms with E-state index in [0.29, 0.717) is 11.7 Å². The number of fused-ring (bicyclic) bond motifs is 1. The third kappa shape index (κ3) is 6.78. The fraction of sp³-hybridized carbons (Fsp3) is 0.0870. The second-order valence-electron chi connectivity index (χ2n) is 6.38. The number of rotatable bonds is 4. The van der Waals surface area contributed by atoms with Gasteiger partial charge in [0.05, 0.1) is 18.1 Å². The number of hydrogen-bond acceptors (Lipinski definition) is 7. The molecule has 1 amide bonds. The number of phenols is 1. The summed E-state index contributed by atoms with van der Waals surface area (Å²) < 4.78 is 9.26. The number of aromatic amines is 1. The fourth-order valence-electron chi connectivity index (χ4n) is 2.56. The Balaban J connectivity index is 0.000000222. The molecule has 164 valence electrons. The third-order valence-electron chi connectivity index (χ3n) is 3.94. The maximum absolute atomic E-state index is 11.2. The molecule has 0 bridgehead atoms. The largest absolute Gasteiger partial charge is 0.508 e. The van der Waals surface area contributed by atoms with Gasteiger partial charge in [-0.25, -0.2) is 9.78 Å². The van der Waals surface area contributed by atoms with Crippen molar-refractivity contribution >= 4 is 40.8 Å². The van der Waals surface area contributed by atoms with E-state index in [1.54, 1.807) is 11.8 Å². The molecule has 0 radical (unpaired) electrons. The molecule has 9 heteroatoms. The Kier molecular flexibility index (Phi) is 7.71. The SMILES string of the molecule is CC(=O)Oc1ccc(O)cc1.COC(=O)Nc1nc2ccc(Sc3ccccc3)cc2[nH]1. The van der Waals surface area contributed by atoms with Crippen molar-refractivity contribution in [2.24, 2.45) is 0 Å². The van der Waals surface area contributed by atoms with Gasteiger partial charge >= 0.3 is 12.1 Å². The molecule has 1 heterocycles. The third-order valence-corrected chi connectivity index (χ3v) is 4.93. The van der Waals surface area contributed by atoms with E-state index in [1.165, 1.54) is 43.2 Å². The number of methoxy groups -OCH3 is 1. The predicted molar refractivity (Wildman–Crippen MR) is 122 cm³/mol. The number of carbonyl (C=O) groups is 2. The zero-order valence-electron chi connectivity index (χ0n) is 17.4. The number of aromatic nitrogens is 2. The predicted octanol–water partition coefficient (Wildman–Crippen LogP) is 5.21. The molecule has 0 aliphatic rings. The highest BCUT2D eigenvalue weighted by Gasteiger charge is 2.07. The van der Waals surface area contributed by atoms with E-state index in [9.17, 15) is 9.59 Å². The molecule has 32 heavy (non-hydrogen) atoms. The number of nitrogens with zero attached hydrogens (tertiary/aromatic N) is 1. The minimum atomic E-state index is -0.548. The number of esters is 1. The van der Waals surface area contributed by atoms with Gasteiger partial charge in [0.25, 0.3) is 0 Å². The first-order chi connectivity index (χ1) is 15.4. The zero-order chi connectivity index (χ0) is 22.9. The van der Waals surface area contributed by atoms with Crippen molar-refractivity contribution in [3.8, 4) is 11.5 Å². The van der Waals surface area contributed by atoms with E-state index < -0.39 is 6.09 Å². The molecular formula is C23H21N3O5S. The van der Waals surface area contributed by atoms with Gasteiger partial charge in [0, 0.05) is 16.7 Å². The van der Waals surface area contributed by atoms with E-state index in [2.05, 4.69) is 32.2 Å². The maximum atomic E-state index is 11.2. The molecule has 0 aliphatic heterocycles. The van der Waals surface area contributed by atoms with Crippen molar-refractivity contribution in [1.82, 2.24) is 9.97 Å². The average Bonchev–Trinajstić information content (AvgIpc) is 3.17. The highest BCUT2D eigenvalue weighted by molar-refractivity contribution is 7.99. The lowest BCUT2D eigenvalue weighted by molar-refractivity contribution is -0.131. The first-order valence-corrected chi connectivity index (χ1v) is 10.3. The zero-order valence-corrected chi connectivity index (χ0v) is 18.2. The molecule has 0 aliphatic carbocycles. The molecule has 0 fully saturated rings. The molecule has 3 N–H and O–H groups in total. The number of nitrogens with one attached hydrogen (secondary N) is 2. The van der Waals surface area contributed by atoms with Crippen molar-refractivity contribution in [1.29, 1.82) is 0 Å². The smallest absolute Gasteiger partial charge is 0.413 e. The average molecular weight is 452 g/mol. The number of aromatic hydroxyl groups is 1. The van der Waals surface area contributed by atoms with Crippen LogP contribution in [0.5, 0.6) is 11.5 Å². The van der Waals surface area contributed by atoms with E-state index in [1.807, 2.05) is 36.4 Å². The topological polar surface area (TPSA) is 114 Å². The Labute approximate surface area is 188 Å². The summed E-state index contributed by atoms with van der Waals surface area (Å²) in [4.78, 5) is 31.2. The van der Waals surface area contributed by atoms with Gasteiger partial charge in [0.15, 0.2) is 0 Å². The van der Waals surface area contributed by atoms with E-state index in [4.69, 9.17) is 9.84 Å². The van der Waals surface area contributed by atoms with Crippen LogP contribution < -0.4 is 10.1 Å². The van der Waals surface area contributed by atoms with Crippen LogP contribution in [0.1, 0.15) is 6.92 Å². The van der Waals surface area contributed by atoms with E-state index in [-0.39, 0.29) is 11.7 Å². The lowest BCUT2D eigenvalue weighted by Gasteiger charge is -2.00. The molecule has 1 aromatic heterocycles. The summed E-state index contributed by atoms with van der Waals surface area (Å²) in [5, 5.41) is 11.4. The lowest BCUT2D eigenvalue weighted by Crippen LogP contribution is -2.11.